The van der Waals surface area contributed by atoms with Gasteiger partial charge in [-0.25, -0.2) is 9.37 Å². The zero-order valence-corrected chi connectivity index (χ0v) is 7.12. The van der Waals surface area contributed by atoms with Gasteiger partial charge in [-0.3, -0.25) is 0 Å². The fourth-order valence-corrected chi connectivity index (χ4v) is 1.11. The maximum absolute atomic E-state index is 12.7. The number of halogens is 1. The van der Waals surface area contributed by atoms with Crippen molar-refractivity contribution < 1.29 is 8.81 Å². The van der Waals surface area contributed by atoms with Gasteiger partial charge >= 0.3 is 0 Å². The highest BCUT2D eigenvalue weighted by atomic mass is 19.1. The first-order chi connectivity index (χ1) is 6.16. The summed E-state index contributed by atoms with van der Waals surface area (Å²) in [5, 5.41) is 0. The van der Waals surface area contributed by atoms with Crippen LogP contribution in [0.5, 0.6) is 0 Å². The molecule has 0 aliphatic rings. The maximum Gasteiger partial charge on any atom is 0.212 e. The van der Waals surface area contributed by atoms with Crippen LogP contribution in [0, 0.1) is 5.82 Å². The summed E-state index contributed by atoms with van der Waals surface area (Å²) in [6.07, 6.45) is 0. The highest BCUT2D eigenvalue weighted by Gasteiger charge is 2.09. The molecule has 1 unspecified atom stereocenters. The lowest BCUT2D eigenvalue weighted by molar-refractivity contribution is 0.491. The molecule has 1 aromatic carbocycles. The van der Waals surface area contributed by atoms with Gasteiger partial charge in [0.25, 0.3) is 0 Å². The van der Waals surface area contributed by atoms with Gasteiger partial charge in [0.1, 0.15) is 11.3 Å². The van der Waals surface area contributed by atoms with Crippen LogP contribution >= 0.6 is 0 Å². The Hall–Kier alpha value is -1.42. The predicted octanol–water partition coefficient (Wildman–Crippen LogP) is 1.99. The van der Waals surface area contributed by atoms with E-state index in [0.717, 1.165) is 0 Å². The van der Waals surface area contributed by atoms with Gasteiger partial charge in [0, 0.05) is 6.07 Å². The van der Waals surface area contributed by atoms with E-state index < -0.39 is 0 Å². The van der Waals surface area contributed by atoms with E-state index in [1.807, 2.05) is 0 Å². The van der Waals surface area contributed by atoms with Crippen LogP contribution in [0.3, 0.4) is 0 Å². The van der Waals surface area contributed by atoms with E-state index in [1.165, 1.54) is 12.1 Å². The van der Waals surface area contributed by atoms with Gasteiger partial charge in [-0.2, -0.15) is 0 Å². The number of aromatic nitrogens is 1. The van der Waals surface area contributed by atoms with E-state index in [-0.39, 0.29) is 11.9 Å². The van der Waals surface area contributed by atoms with Crippen molar-refractivity contribution in [3.8, 4) is 0 Å². The minimum atomic E-state index is -0.333. The SMILES string of the molecule is CC(N)c1nc2ccc(F)cc2o1. The summed E-state index contributed by atoms with van der Waals surface area (Å²) in [5.41, 5.74) is 6.64. The topological polar surface area (TPSA) is 52.0 Å². The Morgan fingerprint density at radius 2 is 2.31 bits per heavy atom. The Balaban J connectivity index is 2.62. The average molecular weight is 180 g/mol. The molecule has 0 bridgehead atoms. The number of oxazole rings is 1. The van der Waals surface area contributed by atoms with Crippen LogP contribution < -0.4 is 5.73 Å². The van der Waals surface area contributed by atoms with Crippen LogP contribution in [-0.4, -0.2) is 4.98 Å². The summed E-state index contributed by atoms with van der Waals surface area (Å²) in [5.74, 6) is 0.0977. The van der Waals surface area contributed by atoms with Crippen LogP contribution in [0.15, 0.2) is 22.6 Å². The second kappa shape index (κ2) is 2.81. The van der Waals surface area contributed by atoms with Crippen molar-refractivity contribution in [3.05, 3.63) is 29.9 Å². The van der Waals surface area contributed by atoms with E-state index in [0.29, 0.717) is 17.0 Å². The molecule has 0 amide bonds. The smallest absolute Gasteiger partial charge is 0.212 e. The molecule has 1 heterocycles. The molecule has 3 nitrogen and oxygen atoms in total. The van der Waals surface area contributed by atoms with Crippen LogP contribution in [0.25, 0.3) is 11.1 Å². The minimum Gasteiger partial charge on any atom is -0.439 e. The van der Waals surface area contributed by atoms with Gasteiger partial charge in [-0.05, 0) is 19.1 Å². The molecule has 0 radical (unpaired) electrons. The van der Waals surface area contributed by atoms with E-state index in [9.17, 15) is 4.39 Å². The van der Waals surface area contributed by atoms with E-state index in [2.05, 4.69) is 4.98 Å². The van der Waals surface area contributed by atoms with Crippen molar-refractivity contribution >= 4 is 11.1 Å². The Bertz CT molecular complexity index is 436. The van der Waals surface area contributed by atoms with Crippen molar-refractivity contribution in [2.75, 3.05) is 0 Å². The van der Waals surface area contributed by atoms with Crippen molar-refractivity contribution in [2.45, 2.75) is 13.0 Å². The second-order valence-corrected chi connectivity index (χ2v) is 2.95. The fourth-order valence-electron chi connectivity index (χ4n) is 1.11. The molecule has 1 atom stereocenters. The molecule has 68 valence electrons. The Labute approximate surface area is 74.4 Å². The first-order valence-electron chi connectivity index (χ1n) is 3.98. The van der Waals surface area contributed by atoms with Crippen LogP contribution in [0.2, 0.25) is 0 Å². The van der Waals surface area contributed by atoms with Gasteiger partial charge in [0.05, 0.1) is 6.04 Å². The highest BCUT2D eigenvalue weighted by molar-refractivity contribution is 5.72. The molecular formula is C9H9FN2O. The zero-order valence-electron chi connectivity index (χ0n) is 7.12. The molecule has 2 aromatic rings. The third kappa shape index (κ3) is 1.40. The van der Waals surface area contributed by atoms with E-state index >= 15 is 0 Å². The third-order valence-corrected chi connectivity index (χ3v) is 1.76. The summed E-state index contributed by atoms with van der Waals surface area (Å²) in [7, 11) is 0. The molecule has 2 N–H and O–H groups in total. The molecule has 13 heavy (non-hydrogen) atoms. The van der Waals surface area contributed by atoms with Gasteiger partial charge < -0.3 is 10.2 Å². The third-order valence-electron chi connectivity index (χ3n) is 1.76. The molecule has 2 rings (SSSR count). The standard InChI is InChI=1S/C9H9FN2O/c1-5(11)9-12-7-3-2-6(10)4-8(7)13-9/h2-5H,11H2,1H3. The second-order valence-electron chi connectivity index (χ2n) is 2.95. The molecule has 0 spiro atoms. The van der Waals surface area contributed by atoms with Gasteiger partial charge in [0.15, 0.2) is 5.58 Å². The molecule has 4 heteroatoms. The predicted molar refractivity (Wildman–Crippen MR) is 46.6 cm³/mol. The van der Waals surface area contributed by atoms with Crippen molar-refractivity contribution in [1.82, 2.24) is 4.98 Å². The zero-order chi connectivity index (χ0) is 9.42. The molecule has 1 aromatic heterocycles. The van der Waals surface area contributed by atoms with Gasteiger partial charge in [-0.1, -0.05) is 0 Å². The number of nitrogens with two attached hydrogens (primary N) is 1. The number of benzene rings is 1. The van der Waals surface area contributed by atoms with Crippen LogP contribution in [0.1, 0.15) is 18.9 Å². The molecule has 0 aliphatic carbocycles. The summed E-state index contributed by atoms with van der Waals surface area (Å²) in [6.45, 7) is 1.76. The lowest BCUT2D eigenvalue weighted by Crippen LogP contribution is -2.04. The molecule has 0 saturated heterocycles. The first-order valence-corrected chi connectivity index (χ1v) is 3.98. The lowest BCUT2D eigenvalue weighted by atomic mass is 10.3. The number of hydrogen-bond acceptors (Lipinski definition) is 3. The quantitative estimate of drug-likeness (QED) is 0.730. The molecule has 0 aliphatic heterocycles. The Morgan fingerprint density at radius 1 is 1.54 bits per heavy atom. The fraction of sp³-hybridized carbons (Fsp3) is 0.222. The summed E-state index contributed by atoms with van der Waals surface area (Å²) < 4.78 is 18.0. The monoisotopic (exact) mass is 180 g/mol. The molecular weight excluding hydrogens is 171 g/mol. The van der Waals surface area contributed by atoms with E-state index in [4.69, 9.17) is 10.2 Å². The minimum absolute atomic E-state index is 0.268. The first kappa shape index (κ1) is 8.19. The number of fused-ring (bicyclic) bond motifs is 1. The van der Waals surface area contributed by atoms with Crippen LogP contribution in [-0.2, 0) is 0 Å². The number of nitrogens with zero attached hydrogens (tertiary/aromatic N) is 1. The Morgan fingerprint density at radius 3 is 3.00 bits per heavy atom. The highest BCUT2D eigenvalue weighted by Crippen LogP contribution is 2.19. The lowest BCUT2D eigenvalue weighted by Gasteiger charge is -1.94. The van der Waals surface area contributed by atoms with Gasteiger partial charge in [-0.15, -0.1) is 0 Å². The maximum atomic E-state index is 12.7. The number of hydrogen-bond donors (Lipinski definition) is 1. The summed E-state index contributed by atoms with van der Waals surface area (Å²) in [6, 6.07) is 3.94. The Kier molecular flexibility index (Phi) is 1.77. The van der Waals surface area contributed by atoms with Crippen molar-refractivity contribution in [1.29, 1.82) is 0 Å². The molecule has 0 saturated carbocycles. The van der Waals surface area contributed by atoms with Crippen molar-refractivity contribution in [3.63, 3.8) is 0 Å². The van der Waals surface area contributed by atoms with Crippen LogP contribution in [0.4, 0.5) is 4.39 Å². The largest absolute Gasteiger partial charge is 0.439 e. The van der Waals surface area contributed by atoms with Gasteiger partial charge in [0.2, 0.25) is 5.89 Å². The average Bonchev–Trinajstić information content (AvgIpc) is 2.46. The van der Waals surface area contributed by atoms with Crippen molar-refractivity contribution in [2.24, 2.45) is 5.73 Å². The summed E-state index contributed by atoms with van der Waals surface area (Å²) in [4.78, 5) is 4.10. The summed E-state index contributed by atoms with van der Waals surface area (Å²) >= 11 is 0. The normalized spacial score (nSPS) is 13.5. The van der Waals surface area contributed by atoms with E-state index in [1.54, 1.807) is 13.0 Å². The number of rotatable bonds is 1. The molecule has 0 fully saturated rings.